The molecule has 11 nitrogen and oxygen atoms in total. The number of carbonyl (C=O) groups is 4. The van der Waals surface area contributed by atoms with E-state index in [1.165, 1.54) is 20.8 Å². The average molecular weight is 494 g/mol. The molecule has 35 heavy (non-hydrogen) atoms. The first-order valence-electron chi connectivity index (χ1n) is 11.0. The number of allylic oxidation sites excluding steroid dienone is 2. The number of phenols is 2. The number of rotatable bonds is 8. The zero-order valence-electron chi connectivity index (χ0n) is 20.1. The van der Waals surface area contributed by atoms with Crippen LogP contribution in [-0.4, -0.2) is 93.0 Å². The van der Waals surface area contributed by atoms with Crippen molar-refractivity contribution in [2.75, 3.05) is 39.5 Å². The molecule has 0 bridgehead atoms. The summed E-state index contributed by atoms with van der Waals surface area (Å²) in [6.45, 7) is 6.92. The van der Waals surface area contributed by atoms with E-state index >= 15 is 0 Å². The molecule has 1 heterocycles. The van der Waals surface area contributed by atoms with Crippen LogP contribution in [0.2, 0.25) is 0 Å². The Hall–Kier alpha value is -3.12. The highest BCUT2D eigenvalue weighted by Gasteiger charge is 2.58. The Morgan fingerprint density at radius 2 is 1.51 bits per heavy atom. The summed E-state index contributed by atoms with van der Waals surface area (Å²) in [5.41, 5.74) is -1.77. The first-order chi connectivity index (χ1) is 16.4. The molecular weight excluding hydrogens is 462 g/mol. The van der Waals surface area contributed by atoms with Gasteiger partial charge in [-0.15, -0.1) is 0 Å². The third-order valence-electron chi connectivity index (χ3n) is 6.16. The lowest BCUT2D eigenvalue weighted by Crippen LogP contribution is -2.47. The highest BCUT2D eigenvalue weighted by molar-refractivity contribution is 6.27. The fourth-order valence-electron chi connectivity index (χ4n) is 4.25. The van der Waals surface area contributed by atoms with Gasteiger partial charge >= 0.3 is 0 Å². The SMILES string of the molecule is CC(=O)c1c(O)c(C)c(O)c2c1OC1=CC(=O)C(C(C)=O)C(=O)C12C.OCCN(CCO)CCO. The molecule has 11 heteroatoms. The number of hydrogen-bond donors (Lipinski definition) is 5. The molecule has 2 aliphatic rings. The quantitative estimate of drug-likeness (QED) is 0.238. The third-order valence-corrected chi connectivity index (χ3v) is 6.16. The second-order valence-corrected chi connectivity index (χ2v) is 8.52. The Bertz CT molecular complexity index is 1060. The summed E-state index contributed by atoms with van der Waals surface area (Å²) in [5, 5.41) is 46.2. The lowest BCUT2D eigenvalue weighted by molar-refractivity contribution is -0.140. The Balaban J connectivity index is 0.000000367. The Labute approximate surface area is 202 Å². The molecule has 0 fully saturated rings. The number of phenolic OH excluding ortho intramolecular Hbond substituents is 2. The zero-order chi connectivity index (χ0) is 26.7. The smallest absolute Gasteiger partial charge is 0.177 e. The molecule has 0 aromatic heterocycles. The second kappa shape index (κ2) is 11.1. The van der Waals surface area contributed by atoms with E-state index in [-0.39, 0.29) is 48.0 Å². The van der Waals surface area contributed by atoms with Crippen LogP contribution in [-0.2, 0) is 19.8 Å². The van der Waals surface area contributed by atoms with Gasteiger partial charge in [0.25, 0.3) is 0 Å². The first kappa shape index (κ1) is 28.1. The number of hydrogen-bond acceptors (Lipinski definition) is 11. The lowest BCUT2D eigenvalue weighted by Gasteiger charge is -2.30. The van der Waals surface area contributed by atoms with Crippen LogP contribution in [0.4, 0.5) is 0 Å². The van der Waals surface area contributed by atoms with Crippen molar-refractivity contribution in [3.8, 4) is 17.2 Å². The Morgan fingerprint density at radius 1 is 1.00 bits per heavy atom. The molecule has 2 atom stereocenters. The maximum Gasteiger partial charge on any atom is 0.177 e. The van der Waals surface area contributed by atoms with Crippen molar-refractivity contribution in [1.82, 2.24) is 4.90 Å². The molecular formula is C24H31NO10. The average Bonchev–Trinajstić information content (AvgIpc) is 3.06. The molecule has 0 saturated heterocycles. The van der Waals surface area contributed by atoms with E-state index in [9.17, 15) is 29.4 Å². The van der Waals surface area contributed by atoms with Crippen molar-refractivity contribution in [2.24, 2.45) is 5.92 Å². The van der Waals surface area contributed by atoms with Gasteiger partial charge in [-0.3, -0.25) is 24.1 Å². The van der Waals surface area contributed by atoms with Crippen molar-refractivity contribution in [3.05, 3.63) is 28.5 Å². The van der Waals surface area contributed by atoms with E-state index in [2.05, 4.69) is 0 Å². The summed E-state index contributed by atoms with van der Waals surface area (Å²) in [5.74, 6) is -5.15. The number of nitrogens with zero attached hydrogens (tertiary/aromatic N) is 1. The predicted octanol–water partition coefficient (Wildman–Crippen LogP) is -0.235. The fourth-order valence-corrected chi connectivity index (χ4v) is 4.25. The van der Waals surface area contributed by atoms with Crippen molar-refractivity contribution in [2.45, 2.75) is 33.1 Å². The van der Waals surface area contributed by atoms with Gasteiger partial charge in [-0.1, -0.05) is 0 Å². The highest BCUT2D eigenvalue weighted by Crippen LogP contribution is 2.57. The summed E-state index contributed by atoms with van der Waals surface area (Å²) in [6, 6.07) is 0. The fraction of sp³-hybridized carbons (Fsp3) is 0.500. The van der Waals surface area contributed by atoms with Crippen LogP contribution in [0.5, 0.6) is 17.2 Å². The molecule has 1 aromatic rings. The minimum atomic E-state index is -1.59. The van der Waals surface area contributed by atoms with Gasteiger partial charge in [0.15, 0.2) is 17.3 Å². The van der Waals surface area contributed by atoms with Crippen LogP contribution in [0.15, 0.2) is 11.8 Å². The summed E-state index contributed by atoms with van der Waals surface area (Å²) in [4.78, 5) is 50.6. The van der Waals surface area contributed by atoms with Crippen LogP contribution in [0.1, 0.15) is 42.3 Å². The molecule has 3 rings (SSSR count). The maximum atomic E-state index is 13.0. The number of aliphatic hydroxyl groups is 3. The normalized spacial score (nSPS) is 20.5. The number of carbonyl (C=O) groups excluding carboxylic acids is 4. The number of ether oxygens (including phenoxy) is 1. The van der Waals surface area contributed by atoms with Gasteiger partial charge in [0.2, 0.25) is 0 Å². The van der Waals surface area contributed by atoms with E-state index in [1.807, 2.05) is 0 Å². The molecule has 0 amide bonds. The first-order valence-corrected chi connectivity index (χ1v) is 11.0. The molecule has 1 aliphatic heterocycles. The van der Waals surface area contributed by atoms with Crippen LogP contribution in [0.25, 0.3) is 0 Å². The van der Waals surface area contributed by atoms with E-state index < -0.39 is 46.0 Å². The summed E-state index contributed by atoms with van der Waals surface area (Å²) in [6.07, 6.45) is 1.04. The molecule has 1 aromatic carbocycles. The summed E-state index contributed by atoms with van der Waals surface area (Å²) >= 11 is 0. The van der Waals surface area contributed by atoms with Gasteiger partial charge in [-0.2, -0.15) is 0 Å². The van der Waals surface area contributed by atoms with E-state index in [0.29, 0.717) is 19.6 Å². The summed E-state index contributed by atoms with van der Waals surface area (Å²) < 4.78 is 5.56. The number of ketones is 4. The predicted molar refractivity (Wildman–Crippen MR) is 122 cm³/mol. The van der Waals surface area contributed by atoms with E-state index in [1.54, 1.807) is 4.90 Å². The summed E-state index contributed by atoms with van der Waals surface area (Å²) in [7, 11) is 0. The number of aromatic hydroxyl groups is 2. The Morgan fingerprint density at radius 3 is 1.94 bits per heavy atom. The van der Waals surface area contributed by atoms with Gasteiger partial charge in [0, 0.05) is 31.3 Å². The largest absolute Gasteiger partial charge is 0.507 e. The van der Waals surface area contributed by atoms with Gasteiger partial charge < -0.3 is 30.3 Å². The minimum absolute atomic E-state index is 0.0111. The minimum Gasteiger partial charge on any atom is -0.507 e. The van der Waals surface area contributed by atoms with Crippen LogP contribution >= 0.6 is 0 Å². The second-order valence-electron chi connectivity index (χ2n) is 8.52. The van der Waals surface area contributed by atoms with Crippen molar-refractivity contribution >= 4 is 23.1 Å². The molecule has 0 radical (unpaired) electrons. The maximum absolute atomic E-state index is 13.0. The van der Waals surface area contributed by atoms with Gasteiger partial charge in [-0.25, -0.2) is 0 Å². The monoisotopic (exact) mass is 493 g/mol. The van der Waals surface area contributed by atoms with Gasteiger partial charge in [0.05, 0.1) is 25.4 Å². The van der Waals surface area contributed by atoms with Gasteiger partial charge in [-0.05, 0) is 27.7 Å². The van der Waals surface area contributed by atoms with Crippen molar-refractivity contribution < 1.29 is 49.4 Å². The third kappa shape index (κ3) is 4.98. The van der Waals surface area contributed by atoms with E-state index in [0.717, 1.165) is 13.0 Å². The number of fused-ring (bicyclic) bond motifs is 3. The van der Waals surface area contributed by atoms with Crippen molar-refractivity contribution in [3.63, 3.8) is 0 Å². The zero-order valence-corrected chi connectivity index (χ0v) is 20.1. The topological polar surface area (TPSA) is 182 Å². The Kier molecular flexibility index (Phi) is 8.90. The molecule has 2 unspecified atom stereocenters. The number of benzene rings is 1. The van der Waals surface area contributed by atoms with E-state index in [4.69, 9.17) is 20.1 Å². The molecule has 192 valence electrons. The van der Waals surface area contributed by atoms with Gasteiger partial charge in [0.1, 0.15) is 45.7 Å². The number of Topliss-reactive ketones (excluding diaryl/α,β-unsaturated/α-hetero) is 3. The van der Waals surface area contributed by atoms with Crippen LogP contribution in [0, 0.1) is 12.8 Å². The molecule has 1 aliphatic carbocycles. The molecule has 5 N–H and O–H groups in total. The lowest BCUT2D eigenvalue weighted by atomic mass is 9.67. The van der Waals surface area contributed by atoms with Crippen LogP contribution in [0.3, 0.4) is 0 Å². The van der Waals surface area contributed by atoms with Crippen LogP contribution < -0.4 is 4.74 Å². The molecule has 0 saturated carbocycles. The standard InChI is InChI=1S/C18H16O7.C6H15NO3/c1-6-14(22)12(8(3)20)16-13(15(6)23)18(4)10(25-16)5-9(21)11(7(2)19)17(18)24;8-4-1-7(2-5-9)3-6-10/h5,11,22-23H,1-4H3;8-10H,1-6H2. The van der Waals surface area contributed by atoms with Crippen molar-refractivity contribution in [1.29, 1.82) is 0 Å². The number of aliphatic hydroxyl groups excluding tert-OH is 3. The molecule has 0 spiro atoms. The highest BCUT2D eigenvalue weighted by atomic mass is 16.5.